The average Bonchev–Trinajstić information content (AvgIpc) is 3.09. The lowest BCUT2D eigenvalue weighted by Gasteiger charge is -2.22. The van der Waals surface area contributed by atoms with Crippen molar-refractivity contribution in [2.24, 2.45) is 0 Å². The van der Waals surface area contributed by atoms with Crippen LogP contribution in [-0.2, 0) is 11.3 Å². The third-order valence-electron chi connectivity index (χ3n) is 3.35. The molecule has 1 N–H and O–H groups in total. The number of amides is 1. The third-order valence-corrected chi connectivity index (χ3v) is 4.58. The van der Waals surface area contributed by atoms with Gasteiger partial charge in [0.15, 0.2) is 0 Å². The van der Waals surface area contributed by atoms with E-state index in [4.69, 9.17) is 16.3 Å². The first-order chi connectivity index (χ1) is 10.2. The number of anilines is 1. The summed E-state index contributed by atoms with van der Waals surface area (Å²) in [6, 6.07) is 3.42. The van der Waals surface area contributed by atoms with Crippen LogP contribution in [-0.4, -0.2) is 28.4 Å². The topological polar surface area (TPSA) is 56.2 Å². The molecule has 3 heterocycles. The summed E-state index contributed by atoms with van der Waals surface area (Å²) in [7, 11) is 0. The number of hydrogen-bond acceptors (Lipinski definition) is 4. The molecule has 1 atom stereocenters. The normalized spacial score (nSPS) is 18.6. The van der Waals surface area contributed by atoms with Gasteiger partial charge in [-0.05, 0) is 31.4 Å². The van der Waals surface area contributed by atoms with Crippen LogP contribution in [0.2, 0.25) is 4.34 Å². The second kappa shape index (κ2) is 6.60. The lowest BCUT2D eigenvalue weighted by molar-refractivity contribution is 0.00401. The van der Waals surface area contributed by atoms with Crippen molar-refractivity contribution >= 4 is 34.5 Å². The predicted molar refractivity (Wildman–Crippen MR) is 83.1 cm³/mol. The van der Waals surface area contributed by atoms with E-state index < -0.39 is 0 Å². The summed E-state index contributed by atoms with van der Waals surface area (Å²) in [5, 5.41) is 7.08. The van der Waals surface area contributed by atoms with Gasteiger partial charge in [0.2, 0.25) is 0 Å². The van der Waals surface area contributed by atoms with Crippen LogP contribution in [0.4, 0.5) is 5.69 Å². The molecule has 0 saturated carbocycles. The molecule has 5 nitrogen and oxygen atoms in total. The van der Waals surface area contributed by atoms with E-state index >= 15 is 0 Å². The molecule has 0 bridgehead atoms. The van der Waals surface area contributed by atoms with Crippen LogP contribution in [0.3, 0.4) is 0 Å². The van der Waals surface area contributed by atoms with Gasteiger partial charge in [-0.2, -0.15) is 5.10 Å². The van der Waals surface area contributed by atoms with Gasteiger partial charge in [0, 0.05) is 12.8 Å². The SMILES string of the molecule is O=C(Nc1cnn(C[C@@H]2CCCCO2)c1)c1ccc(Cl)s1. The number of nitrogens with one attached hydrogen (secondary N) is 1. The van der Waals surface area contributed by atoms with Crippen molar-refractivity contribution in [1.82, 2.24) is 9.78 Å². The maximum absolute atomic E-state index is 12.0. The Kier molecular flexibility index (Phi) is 4.57. The Morgan fingerprint density at radius 2 is 2.43 bits per heavy atom. The molecule has 2 aromatic rings. The van der Waals surface area contributed by atoms with Gasteiger partial charge in [0.25, 0.3) is 5.91 Å². The number of carbonyl (C=O) groups is 1. The Labute approximate surface area is 131 Å². The van der Waals surface area contributed by atoms with E-state index in [2.05, 4.69) is 10.4 Å². The molecule has 0 unspecified atom stereocenters. The van der Waals surface area contributed by atoms with E-state index in [1.807, 2.05) is 10.9 Å². The molecule has 21 heavy (non-hydrogen) atoms. The Morgan fingerprint density at radius 3 is 3.14 bits per heavy atom. The number of ether oxygens (including phenoxy) is 1. The maximum atomic E-state index is 12.0. The summed E-state index contributed by atoms with van der Waals surface area (Å²) in [5.41, 5.74) is 0.681. The van der Waals surface area contributed by atoms with Gasteiger partial charge >= 0.3 is 0 Å². The van der Waals surface area contributed by atoms with Gasteiger partial charge in [-0.15, -0.1) is 11.3 Å². The van der Waals surface area contributed by atoms with Gasteiger partial charge < -0.3 is 10.1 Å². The first-order valence-corrected chi connectivity index (χ1v) is 8.11. The highest BCUT2D eigenvalue weighted by Crippen LogP contribution is 2.22. The Hall–Kier alpha value is -1.37. The maximum Gasteiger partial charge on any atom is 0.265 e. The third kappa shape index (κ3) is 3.84. The van der Waals surface area contributed by atoms with Crippen LogP contribution >= 0.6 is 22.9 Å². The molecule has 2 aromatic heterocycles. The van der Waals surface area contributed by atoms with Crippen LogP contribution in [0.25, 0.3) is 0 Å². The molecule has 0 aromatic carbocycles. The molecule has 0 spiro atoms. The zero-order chi connectivity index (χ0) is 14.7. The fourth-order valence-corrected chi connectivity index (χ4v) is 3.26. The molecule has 1 saturated heterocycles. The van der Waals surface area contributed by atoms with Crippen LogP contribution in [0.1, 0.15) is 28.9 Å². The standard InChI is InChI=1S/C14H16ClN3O2S/c15-13-5-4-12(21-13)14(19)17-10-7-16-18(8-10)9-11-3-1-2-6-20-11/h4-5,7-8,11H,1-3,6,9H2,(H,17,19)/t11-/m0/s1. The van der Waals surface area contributed by atoms with E-state index in [1.165, 1.54) is 17.8 Å². The van der Waals surface area contributed by atoms with Gasteiger partial charge in [0.1, 0.15) is 0 Å². The van der Waals surface area contributed by atoms with E-state index in [1.54, 1.807) is 18.3 Å². The second-order valence-electron chi connectivity index (χ2n) is 5.00. The summed E-state index contributed by atoms with van der Waals surface area (Å²) >= 11 is 7.08. The van der Waals surface area contributed by atoms with Crippen LogP contribution in [0, 0.1) is 0 Å². The summed E-state index contributed by atoms with van der Waals surface area (Å²) < 4.78 is 8.10. The van der Waals surface area contributed by atoms with E-state index in [0.29, 0.717) is 14.9 Å². The minimum atomic E-state index is -0.166. The number of halogens is 1. The molecule has 1 aliphatic rings. The Balaban J connectivity index is 1.58. The van der Waals surface area contributed by atoms with Crippen molar-refractivity contribution in [2.45, 2.75) is 31.9 Å². The van der Waals surface area contributed by atoms with Gasteiger partial charge in [-0.25, -0.2) is 0 Å². The van der Waals surface area contributed by atoms with Crippen LogP contribution < -0.4 is 5.32 Å². The van der Waals surface area contributed by atoms with Crippen molar-refractivity contribution < 1.29 is 9.53 Å². The van der Waals surface area contributed by atoms with Crippen molar-refractivity contribution in [3.63, 3.8) is 0 Å². The van der Waals surface area contributed by atoms with Crippen LogP contribution in [0.5, 0.6) is 0 Å². The molecule has 112 valence electrons. The number of hydrogen-bond donors (Lipinski definition) is 1. The fraction of sp³-hybridized carbons (Fsp3) is 0.429. The summed E-state index contributed by atoms with van der Waals surface area (Å²) in [5.74, 6) is -0.166. The lowest BCUT2D eigenvalue weighted by atomic mass is 10.1. The molecule has 0 aliphatic carbocycles. The van der Waals surface area contributed by atoms with Gasteiger partial charge in [0.05, 0.1) is 33.7 Å². The molecule has 1 aliphatic heterocycles. The molecule has 1 amide bonds. The number of thiophene rings is 1. The van der Waals surface area contributed by atoms with Gasteiger partial charge in [-0.3, -0.25) is 9.48 Å². The first-order valence-electron chi connectivity index (χ1n) is 6.91. The monoisotopic (exact) mass is 325 g/mol. The minimum absolute atomic E-state index is 0.166. The Morgan fingerprint density at radius 1 is 1.52 bits per heavy atom. The Bertz CT molecular complexity index is 619. The number of aromatic nitrogens is 2. The van der Waals surface area contributed by atoms with Crippen molar-refractivity contribution in [3.8, 4) is 0 Å². The summed E-state index contributed by atoms with van der Waals surface area (Å²) in [4.78, 5) is 12.6. The zero-order valence-corrected chi connectivity index (χ0v) is 13.0. The van der Waals surface area contributed by atoms with Crippen molar-refractivity contribution in [3.05, 3.63) is 33.7 Å². The molecular weight excluding hydrogens is 310 g/mol. The number of carbonyl (C=O) groups excluding carboxylic acids is 1. The highest BCUT2D eigenvalue weighted by atomic mass is 35.5. The predicted octanol–water partition coefficient (Wildman–Crippen LogP) is 3.42. The quantitative estimate of drug-likeness (QED) is 0.937. The molecule has 3 rings (SSSR count). The molecule has 7 heteroatoms. The molecule has 0 radical (unpaired) electrons. The van der Waals surface area contributed by atoms with Crippen molar-refractivity contribution in [2.75, 3.05) is 11.9 Å². The largest absolute Gasteiger partial charge is 0.376 e. The minimum Gasteiger partial charge on any atom is -0.376 e. The van der Waals surface area contributed by atoms with Crippen molar-refractivity contribution in [1.29, 1.82) is 0 Å². The summed E-state index contributed by atoms with van der Waals surface area (Å²) in [6.07, 6.45) is 7.10. The van der Waals surface area contributed by atoms with Crippen LogP contribution in [0.15, 0.2) is 24.5 Å². The second-order valence-corrected chi connectivity index (χ2v) is 6.71. The van der Waals surface area contributed by atoms with Gasteiger partial charge in [-0.1, -0.05) is 11.6 Å². The first kappa shape index (κ1) is 14.6. The highest BCUT2D eigenvalue weighted by Gasteiger charge is 2.15. The molecule has 1 fully saturated rings. The van der Waals surface area contributed by atoms with E-state index in [-0.39, 0.29) is 12.0 Å². The van der Waals surface area contributed by atoms with E-state index in [9.17, 15) is 4.79 Å². The zero-order valence-electron chi connectivity index (χ0n) is 11.4. The number of nitrogens with zero attached hydrogens (tertiary/aromatic N) is 2. The number of rotatable bonds is 4. The summed E-state index contributed by atoms with van der Waals surface area (Å²) in [6.45, 7) is 1.55. The smallest absolute Gasteiger partial charge is 0.265 e. The lowest BCUT2D eigenvalue weighted by Crippen LogP contribution is -2.24. The highest BCUT2D eigenvalue weighted by molar-refractivity contribution is 7.18. The van der Waals surface area contributed by atoms with E-state index in [0.717, 1.165) is 26.0 Å². The average molecular weight is 326 g/mol. The molecular formula is C14H16ClN3O2S. The fourth-order valence-electron chi connectivity index (χ4n) is 2.32.